The molecule has 5 nitrogen and oxygen atoms in total. The van der Waals surface area contributed by atoms with Gasteiger partial charge in [0.05, 0.1) is 17.9 Å². The van der Waals surface area contributed by atoms with Crippen LogP contribution in [0.5, 0.6) is 0 Å². The lowest BCUT2D eigenvalue weighted by molar-refractivity contribution is 0.175. The van der Waals surface area contributed by atoms with Crippen molar-refractivity contribution in [2.75, 3.05) is 6.54 Å². The van der Waals surface area contributed by atoms with Crippen LogP contribution >= 0.6 is 0 Å². The molecule has 1 aromatic carbocycles. The van der Waals surface area contributed by atoms with Gasteiger partial charge in [-0.1, -0.05) is 122 Å². The number of nitriles is 1. The van der Waals surface area contributed by atoms with Crippen LogP contribution in [0, 0.1) is 23.2 Å². The number of hydrogen-bond acceptors (Lipinski definition) is 5. The maximum atomic E-state index is 11.2. The minimum absolute atomic E-state index is 0.0808. The van der Waals surface area contributed by atoms with E-state index in [0.29, 0.717) is 42.5 Å². The van der Waals surface area contributed by atoms with Crippen LogP contribution in [0.3, 0.4) is 0 Å². The third kappa shape index (κ3) is 11.2. The Morgan fingerprint density at radius 2 is 1.87 bits per heavy atom. The molecule has 3 N–H and O–H groups in total. The van der Waals surface area contributed by atoms with Gasteiger partial charge in [-0.15, -0.1) is 0 Å². The molecule has 1 heterocycles. The molecule has 1 aromatic heterocycles. The van der Waals surface area contributed by atoms with Crippen molar-refractivity contribution in [2.45, 2.75) is 58.0 Å². The summed E-state index contributed by atoms with van der Waals surface area (Å²) in [5.74, 6) is 0.627. The standard InChI is InChI=1S/C47H50N4O/c1-3-12-36(32-48)15-10-18-41-24-25-43(30-47(41)52)42(29-35(2)44-19-11-28-50-34-44)26-27-45(49)31-46(51-33-37-13-6-4-7-14-37)40-22-20-39(21-23-40)38-16-8-5-9-17-38/h4-13,15-17,19-20,22-26,28-31,34,37,39,41,47,52H,3,14,18,21,27,33,49H2,1-2H3/b15-10-,35-29+,36-12+,42-26+,45-31-,51-46+/t37-,39-,41?,47?/m0/s1. The van der Waals surface area contributed by atoms with Crippen LogP contribution in [0.4, 0.5) is 0 Å². The summed E-state index contributed by atoms with van der Waals surface area (Å²) >= 11 is 0. The monoisotopic (exact) mass is 686 g/mol. The summed E-state index contributed by atoms with van der Waals surface area (Å²) in [6, 6.07) is 16.8. The van der Waals surface area contributed by atoms with E-state index in [1.54, 1.807) is 6.20 Å². The van der Waals surface area contributed by atoms with E-state index in [1.165, 1.54) is 5.56 Å². The van der Waals surface area contributed by atoms with Crippen LogP contribution in [0.1, 0.15) is 63.0 Å². The number of allylic oxidation sites excluding steroid dienone is 18. The van der Waals surface area contributed by atoms with Crippen molar-refractivity contribution in [1.29, 1.82) is 5.26 Å². The molecule has 3 aliphatic carbocycles. The first kappa shape index (κ1) is 37.7. The zero-order valence-electron chi connectivity index (χ0n) is 30.4. The summed E-state index contributed by atoms with van der Waals surface area (Å²) in [6.45, 7) is 4.78. The molecule has 0 saturated carbocycles. The van der Waals surface area contributed by atoms with Crippen molar-refractivity contribution in [3.63, 3.8) is 0 Å². The van der Waals surface area contributed by atoms with Crippen molar-refractivity contribution < 1.29 is 5.11 Å². The van der Waals surface area contributed by atoms with Gasteiger partial charge in [-0.05, 0) is 90.3 Å². The van der Waals surface area contributed by atoms with Crippen molar-refractivity contribution in [3.05, 3.63) is 191 Å². The predicted octanol–water partition coefficient (Wildman–Crippen LogP) is 10.2. The highest BCUT2D eigenvalue weighted by Gasteiger charge is 2.19. The van der Waals surface area contributed by atoms with E-state index < -0.39 is 6.10 Å². The Hall–Kier alpha value is -5.57. The number of nitrogens with two attached hydrogens (primary N) is 1. The minimum atomic E-state index is -0.666. The van der Waals surface area contributed by atoms with E-state index in [-0.39, 0.29) is 5.92 Å². The summed E-state index contributed by atoms with van der Waals surface area (Å²) in [7, 11) is 0. The highest BCUT2D eigenvalue weighted by molar-refractivity contribution is 6.10. The molecule has 264 valence electrons. The maximum Gasteiger partial charge on any atom is 0.0988 e. The van der Waals surface area contributed by atoms with Gasteiger partial charge < -0.3 is 10.8 Å². The maximum absolute atomic E-state index is 11.2. The van der Waals surface area contributed by atoms with Gasteiger partial charge in [-0.25, -0.2) is 0 Å². The summed E-state index contributed by atoms with van der Waals surface area (Å²) in [5, 5.41) is 20.5. The average molecular weight is 687 g/mol. The van der Waals surface area contributed by atoms with E-state index in [0.717, 1.165) is 52.8 Å². The lowest BCUT2D eigenvalue weighted by Gasteiger charge is -2.22. The van der Waals surface area contributed by atoms with Crippen LogP contribution in [0.15, 0.2) is 185 Å². The van der Waals surface area contributed by atoms with Gasteiger partial charge in [0.1, 0.15) is 0 Å². The van der Waals surface area contributed by atoms with Crippen LogP contribution in [0.25, 0.3) is 5.57 Å². The van der Waals surface area contributed by atoms with Crippen molar-refractivity contribution >= 4 is 11.3 Å². The topological polar surface area (TPSA) is 95.3 Å². The van der Waals surface area contributed by atoms with E-state index in [9.17, 15) is 10.4 Å². The number of nitrogens with zero attached hydrogens (tertiary/aromatic N) is 3. The Morgan fingerprint density at radius 3 is 2.56 bits per heavy atom. The molecule has 2 unspecified atom stereocenters. The number of rotatable bonds is 14. The zero-order valence-corrected chi connectivity index (χ0v) is 30.4. The molecular weight excluding hydrogens is 637 g/mol. The van der Waals surface area contributed by atoms with Gasteiger partial charge in [0.25, 0.3) is 0 Å². The number of benzene rings is 1. The molecule has 4 atom stereocenters. The first-order chi connectivity index (χ1) is 25.4. The average Bonchev–Trinajstić information content (AvgIpc) is 3.19. The first-order valence-electron chi connectivity index (χ1n) is 18.3. The molecule has 2 aromatic rings. The Kier molecular flexibility index (Phi) is 14.3. The zero-order chi connectivity index (χ0) is 36.5. The largest absolute Gasteiger partial charge is 0.402 e. The summed E-state index contributed by atoms with van der Waals surface area (Å²) in [5.41, 5.74) is 15.4. The smallest absolute Gasteiger partial charge is 0.0988 e. The lowest BCUT2D eigenvalue weighted by Crippen LogP contribution is -2.19. The van der Waals surface area contributed by atoms with E-state index >= 15 is 0 Å². The predicted molar refractivity (Wildman–Crippen MR) is 217 cm³/mol. The van der Waals surface area contributed by atoms with Crippen LogP contribution in [-0.4, -0.2) is 28.5 Å². The molecular formula is C47H50N4O. The van der Waals surface area contributed by atoms with Gasteiger partial charge in [0.15, 0.2) is 0 Å². The van der Waals surface area contributed by atoms with Crippen LogP contribution < -0.4 is 5.73 Å². The Bertz CT molecular complexity index is 1940. The Labute approximate surface area is 310 Å². The quantitative estimate of drug-likeness (QED) is 0.117. The SMILES string of the molecule is CC/C=C(C#N)\C=C/CC1C=CC(C(=C/C/C(N)=C/C(=N\C[C@H]2C=CC=CC2)C2=CC[C@@H](c3ccccc3)C=C2)/C=C(\C)c2cccnc2)=CC1O. The van der Waals surface area contributed by atoms with E-state index in [1.807, 2.05) is 55.6 Å². The van der Waals surface area contributed by atoms with Crippen molar-refractivity contribution in [1.82, 2.24) is 4.98 Å². The molecule has 5 rings (SSSR count). The van der Waals surface area contributed by atoms with Gasteiger partial charge in [0.2, 0.25) is 0 Å². The molecule has 0 fully saturated rings. The third-order valence-electron chi connectivity index (χ3n) is 9.46. The molecule has 3 aliphatic rings. The number of aliphatic imine (C=N–C) groups is 1. The fourth-order valence-corrected chi connectivity index (χ4v) is 6.43. The Morgan fingerprint density at radius 1 is 1.02 bits per heavy atom. The second-order valence-electron chi connectivity index (χ2n) is 13.4. The molecule has 0 bridgehead atoms. The van der Waals surface area contributed by atoms with E-state index in [4.69, 9.17) is 10.7 Å². The molecule has 0 amide bonds. The number of aliphatic hydroxyl groups is 1. The molecule has 0 spiro atoms. The number of aromatic nitrogens is 1. The fourth-order valence-electron chi connectivity index (χ4n) is 6.43. The normalized spacial score (nSPS) is 22.8. The fraction of sp³-hybridized carbons (Fsp3) is 0.255. The highest BCUT2D eigenvalue weighted by Crippen LogP contribution is 2.30. The minimum Gasteiger partial charge on any atom is -0.402 e. The van der Waals surface area contributed by atoms with E-state index in [2.05, 4.69) is 115 Å². The van der Waals surface area contributed by atoms with Crippen LogP contribution in [-0.2, 0) is 0 Å². The van der Waals surface area contributed by atoms with Gasteiger partial charge in [0, 0.05) is 54.4 Å². The molecule has 0 radical (unpaired) electrons. The molecule has 0 aliphatic heterocycles. The number of hydrogen-bond donors (Lipinski definition) is 2. The number of aliphatic hydroxyl groups excluding tert-OH is 1. The number of pyridine rings is 1. The molecule has 52 heavy (non-hydrogen) atoms. The summed E-state index contributed by atoms with van der Waals surface area (Å²) in [4.78, 5) is 9.43. The van der Waals surface area contributed by atoms with Gasteiger partial charge >= 0.3 is 0 Å². The van der Waals surface area contributed by atoms with Crippen molar-refractivity contribution in [2.24, 2.45) is 22.6 Å². The second kappa shape index (κ2) is 19.7. The molecule has 5 heteroatoms. The molecule has 0 saturated heterocycles. The van der Waals surface area contributed by atoms with Crippen molar-refractivity contribution in [3.8, 4) is 6.07 Å². The summed E-state index contributed by atoms with van der Waals surface area (Å²) < 4.78 is 0. The highest BCUT2D eigenvalue weighted by atomic mass is 16.3. The lowest BCUT2D eigenvalue weighted by atomic mass is 9.87. The summed E-state index contributed by atoms with van der Waals surface area (Å²) in [6.07, 6.45) is 40.2. The van der Waals surface area contributed by atoms with Gasteiger partial charge in [-0.3, -0.25) is 9.98 Å². The van der Waals surface area contributed by atoms with Crippen LogP contribution in [0.2, 0.25) is 0 Å². The second-order valence-corrected chi connectivity index (χ2v) is 13.4. The van der Waals surface area contributed by atoms with Gasteiger partial charge in [-0.2, -0.15) is 5.26 Å². The Balaban J connectivity index is 1.39. The third-order valence-corrected chi connectivity index (χ3v) is 9.46. The first-order valence-corrected chi connectivity index (χ1v) is 18.3.